The van der Waals surface area contributed by atoms with E-state index in [9.17, 15) is 14.0 Å². The van der Waals surface area contributed by atoms with Crippen molar-refractivity contribution >= 4 is 39.9 Å². The van der Waals surface area contributed by atoms with Gasteiger partial charge < -0.3 is 14.5 Å². The van der Waals surface area contributed by atoms with Crippen molar-refractivity contribution in [3.05, 3.63) is 78.1 Å². The van der Waals surface area contributed by atoms with Crippen molar-refractivity contribution in [3.63, 3.8) is 0 Å². The number of hydrogen-bond acceptors (Lipinski definition) is 6. The summed E-state index contributed by atoms with van der Waals surface area (Å²) >= 11 is 0.665. The van der Waals surface area contributed by atoms with E-state index in [1.54, 1.807) is 54.6 Å². The molecule has 1 heterocycles. The van der Waals surface area contributed by atoms with Gasteiger partial charge in [-0.05, 0) is 60.7 Å². The van der Waals surface area contributed by atoms with Gasteiger partial charge in [-0.2, -0.15) is 0 Å². The Morgan fingerprint density at radius 3 is 2.61 bits per heavy atom. The number of fused-ring (bicyclic) bond motifs is 1. The number of carbonyl (C=O) groups excluding carboxylic acids is 2. The monoisotopic (exact) mass is 437 g/mol. The maximum atomic E-state index is 13.4. The number of nitrogens with one attached hydrogen (secondary N) is 2. The molecule has 4 aromatic rings. The van der Waals surface area contributed by atoms with E-state index in [1.807, 2.05) is 0 Å². The number of nitrogens with zero attached hydrogens (tertiary/aromatic N) is 1. The molecule has 0 unspecified atom stereocenters. The summed E-state index contributed by atoms with van der Waals surface area (Å²) in [7, 11) is 1.54. The number of methoxy groups -OCH3 is 1. The fourth-order valence-electron chi connectivity index (χ4n) is 2.79. The van der Waals surface area contributed by atoms with E-state index in [1.165, 1.54) is 19.2 Å². The summed E-state index contributed by atoms with van der Waals surface area (Å²) < 4.78 is 26.6. The van der Waals surface area contributed by atoms with Crippen LogP contribution in [0.15, 0.2) is 71.1 Å². The minimum absolute atomic E-state index is 0.275. The van der Waals surface area contributed by atoms with Gasteiger partial charge in [-0.15, -0.1) is 0 Å². The Bertz CT molecular complexity index is 1260. The standard InChI is InChI=1S/C22H16FN3O4S/c1-29-17-8-5-13(6-9-17)21(27)31-26-22(28)24-16-7-10-19-18(12-16)25-20(30-19)14-3-2-4-15(23)11-14/h2-12H,1H3,(H2,24,26,28). The second-order valence-corrected chi connectivity index (χ2v) is 7.17. The van der Waals surface area contributed by atoms with Crippen molar-refractivity contribution in [1.29, 1.82) is 0 Å². The number of ether oxygens (including phenoxy) is 1. The summed E-state index contributed by atoms with van der Waals surface area (Å²) in [6.45, 7) is 0. The van der Waals surface area contributed by atoms with E-state index in [0.717, 1.165) is 0 Å². The molecule has 156 valence electrons. The lowest BCUT2D eigenvalue weighted by molar-refractivity contribution is 0.108. The predicted octanol–water partition coefficient (Wildman–Crippen LogP) is 5.25. The van der Waals surface area contributed by atoms with E-state index < -0.39 is 6.03 Å². The molecule has 2 amide bonds. The molecule has 9 heteroatoms. The number of carbonyl (C=O) groups is 2. The number of rotatable bonds is 4. The number of halogens is 1. The first-order valence-corrected chi connectivity index (χ1v) is 9.92. The number of oxazole rings is 1. The second-order valence-electron chi connectivity index (χ2n) is 6.39. The lowest BCUT2D eigenvalue weighted by atomic mass is 10.2. The Morgan fingerprint density at radius 1 is 1.06 bits per heavy atom. The number of benzene rings is 3. The van der Waals surface area contributed by atoms with Crippen LogP contribution >= 0.6 is 11.9 Å². The molecule has 0 aliphatic heterocycles. The summed E-state index contributed by atoms with van der Waals surface area (Å²) in [6, 6.07) is 16.8. The van der Waals surface area contributed by atoms with Gasteiger partial charge in [0.2, 0.25) is 11.0 Å². The van der Waals surface area contributed by atoms with Crippen LogP contribution in [-0.2, 0) is 0 Å². The lowest BCUT2D eigenvalue weighted by Crippen LogP contribution is -2.24. The van der Waals surface area contributed by atoms with Crippen LogP contribution < -0.4 is 14.8 Å². The maximum absolute atomic E-state index is 13.4. The van der Waals surface area contributed by atoms with Crippen LogP contribution in [0.25, 0.3) is 22.6 Å². The largest absolute Gasteiger partial charge is 0.497 e. The highest BCUT2D eigenvalue weighted by Gasteiger charge is 2.12. The molecule has 0 radical (unpaired) electrons. The Hall–Kier alpha value is -3.85. The van der Waals surface area contributed by atoms with E-state index in [0.29, 0.717) is 45.6 Å². The van der Waals surface area contributed by atoms with Crippen molar-refractivity contribution in [3.8, 4) is 17.2 Å². The van der Waals surface area contributed by atoms with Crippen LogP contribution in [0, 0.1) is 5.82 Å². The van der Waals surface area contributed by atoms with Gasteiger partial charge in [0.1, 0.15) is 17.1 Å². The van der Waals surface area contributed by atoms with Crippen molar-refractivity contribution in [2.24, 2.45) is 0 Å². The minimum Gasteiger partial charge on any atom is -0.497 e. The number of anilines is 1. The third-order valence-corrected chi connectivity index (χ3v) is 4.99. The SMILES string of the molecule is COc1ccc(C(=O)SNC(=O)Nc2ccc3oc(-c4cccc(F)c4)nc3c2)cc1. The number of aromatic nitrogens is 1. The highest BCUT2D eigenvalue weighted by molar-refractivity contribution is 8.12. The Balaban J connectivity index is 1.39. The number of urea groups is 1. The Morgan fingerprint density at radius 2 is 1.87 bits per heavy atom. The molecule has 4 rings (SSSR count). The van der Waals surface area contributed by atoms with Crippen LogP contribution in [0.3, 0.4) is 0 Å². The molecular formula is C22H16FN3O4S. The summed E-state index contributed by atoms with van der Waals surface area (Å²) in [5.41, 5.74) is 2.40. The first-order valence-electron chi connectivity index (χ1n) is 9.10. The van der Waals surface area contributed by atoms with E-state index in [4.69, 9.17) is 9.15 Å². The summed E-state index contributed by atoms with van der Waals surface area (Å²) in [5.74, 6) is 0.522. The van der Waals surface area contributed by atoms with Crippen molar-refractivity contribution in [2.75, 3.05) is 12.4 Å². The molecule has 0 aliphatic carbocycles. The summed E-state index contributed by atoms with van der Waals surface area (Å²) in [6.07, 6.45) is 0. The maximum Gasteiger partial charge on any atom is 0.329 e. The Kier molecular flexibility index (Phi) is 5.85. The lowest BCUT2D eigenvalue weighted by Gasteiger charge is -2.06. The molecule has 2 N–H and O–H groups in total. The van der Waals surface area contributed by atoms with Gasteiger partial charge in [0, 0.05) is 28.8 Å². The molecule has 7 nitrogen and oxygen atoms in total. The third kappa shape index (κ3) is 4.84. The molecule has 0 saturated heterocycles. The molecule has 0 saturated carbocycles. The molecule has 1 aromatic heterocycles. The molecule has 0 spiro atoms. The van der Waals surface area contributed by atoms with Crippen LogP contribution in [0.2, 0.25) is 0 Å². The van der Waals surface area contributed by atoms with E-state index >= 15 is 0 Å². The topological polar surface area (TPSA) is 93.5 Å². The fraction of sp³-hybridized carbons (Fsp3) is 0.0455. The third-order valence-electron chi connectivity index (χ3n) is 4.28. The smallest absolute Gasteiger partial charge is 0.329 e. The zero-order chi connectivity index (χ0) is 21.8. The molecule has 3 aromatic carbocycles. The highest BCUT2D eigenvalue weighted by atomic mass is 32.2. The van der Waals surface area contributed by atoms with Crippen LogP contribution in [0.1, 0.15) is 10.4 Å². The zero-order valence-corrected chi connectivity index (χ0v) is 17.0. The zero-order valence-electron chi connectivity index (χ0n) is 16.2. The van der Waals surface area contributed by atoms with Crippen LogP contribution in [0.5, 0.6) is 5.75 Å². The molecule has 0 aliphatic rings. The van der Waals surface area contributed by atoms with E-state index in [-0.39, 0.29) is 16.8 Å². The van der Waals surface area contributed by atoms with Crippen molar-refractivity contribution in [2.45, 2.75) is 0 Å². The molecule has 0 fully saturated rings. The quantitative estimate of drug-likeness (QED) is 0.424. The molecular weight excluding hydrogens is 421 g/mol. The van der Waals surface area contributed by atoms with Crippen LogP contribution in [-0.4, -0.2) is 23.2 Å². The van der Waals surface area contributed by atoms with E-state index in [2.05, 4.69) is 15.0 Å². The van der Waals surface area contributed by atoms with Gasteiger partial charge in [-0.25, -0.2) is 14.2 Å². The van der Waals surface area contributed by atoms with Gasteiger partial charge in [0.25, 0.3) is 0 Å². The second kappa shape index (κ2) is 8.88. The average molecular weight is 437 g/mol. The van der Waals surface area contributed by atoms with Crippen molar-refractivity contribution < 1.29 is 23.1 Å². The molecule has 31 heavy (non-hydrogen) atoms. The fourth-order valence-corrected chi connectivity index (χ4v) is 3.28. The van der Waals surface area contributed by atoms with Gasteiger partial charge in [-0.1, -0.05) is 6.07 Å². The summed E-state index contributed by atoms with van der Waals surface area (Å²) in [4.78, 5) is 28.7. The minimum atomic E-state index is -0.569. The first-order chi connectivity index (χ1) is 15.0. The molecule has 0 atom stereocenters. The average Bonchev–Trinajstić information content (AvgIpc) is 3.21. The van der Waals surface area contributed by atoms with Crippen LogP contribution in [0.4, 0.5) is 14.9 Å². The summed E-state index contributed by atoms with van der Waals surface area (Å²) in [5, 5.41) is 2.32. The first kappa shape index (κ1) is 20.4. The normalized spacial score (nSPS) is 10.6. The molecule has 0 bridgehead atoms. The van der Waals surface area contributed by atoms with Gasteiger partial charge in [-0.3, -0.25) is 9.52 Å². The van der Waals surface area contributed by atoms with Gasteiger partial charge >= 0.3 is 6.03 Å². The Labute approximate surface area is 180 Å². The predicted molar refractivity (Wildman–Crippen MR) is 116 cm³/mol. The van der Waals surface area contributed by atoms with Gasteiger partial charge in [0.05, 0.1) is 7.11 Å². The van der Waals surface area contributed by atoms with Crippen molar-refractivity contribution in [1.82, 2.24) is 9.71 Å². The number of amides is 2. The highest BCUT2D eigenvalue weighted by Crippen LogP contribution is 2.26. The van der Waals surface area contributed by atoms with Gasteiger partial charge in [0.15, 0.2) is 5.58 Å². The number of hydrogen-bond donors (Lipinski definition) is 2.